The number of amides is 1. The number of hydrogen-bond donors (Lipinski definition) is 2. The van der Waals surface area contributed by atoms with E-state index in [9.17, 15) is 9.59 Å². The normalized spacial score (nSPS) is 19.4. The van der Waals surface area contributed by atoms with E-state index >= 15 is 0 Å². The van der Waals surface area contributed by atoms with E-state index in [0.717, 1.165) is 0 Å². The number of anilines is 1. The number of nitrogens with zero attached hydrogens (tertiary/aromatic N) is 2. The van der Waals surface area contributed by atoms with Crippen molar-refractivity contribution in [2.24, 2.45) is 5.73 Å². The number of ether oxygens (including phenoxy) is 1. The second-order valence-electron chi connectivity index (χ2n) is 3.69. The third-order valence-electron chi connectivity index (χ3n) is 2.55. The molecule has 1 saturated heterocycles. The number of primary amides is 1. The van der Waals surface area contributed by atoms with Crippen molar-refractivity contribution >= 4 is 23.4 Å². The van der Waals surface area contributed by atoms with Crippen LogP contribution in [0.15, 0.2) is 11.0 Å². The second kappa shape index (κ2) is 4.62. The summed E-state index contributed by atoms with van der Waals surface area (Å²) in [7, 11) is 0. The molecule has 1 aromatic heterocycles. The molecule has 2 rings (SSSR count). The quantitative estimate of drug-likeness (QED) is 0.783. The lowest BCUT2D eigenvalue weighted by Crippen LogP contribution is -2.28. The summed E-state index contributed by atoms with van der Waals surface area (Å²) in [5.74, 6) is 0. The van der Waals surface area contributed by atoms with E-state index in [-0.39, 0.29) is 11.1 Å². The van der Waals surface area contributed by atoms with E-state index in [1.165, 1.54) is 6.20 Å². The van der Waals surface area contributed by atoms with Crippen molar-refractivity contribution in [1.82, 2.24) is 10.2 Å². The van der Waals surface area contributed by atoms with Gasteiger partial charge in [0.1, 0.15) is 11.1 Å². The van der Waals surface area contributed by atoms with Crippen LogP contribution in [0.3, 0.4) is 0 Å². The van der Waals surface area contributed by atoms with E-state index < -0.39 is 11.7 Å². The number of nitrogens with two attached hydrogens (primary N) is 1. The zero-order chi connectivity index (χ0) is 12.4. The van der Waals surface area contributed by atoms with Gasteiger partial charge in [-0.2, -0.15) is 5.10 Å². The van der Waals surface area contributed by atoms with Crippen LogP contribution in [-0.4, -0.2) is 35.5 Å². The summed E-state index contributed by atoms with van der Waals surface area (Å²) in [6.45, 7) is 1.08. The third kappa shape index (κ3) is 2.50. The molecule has 1 aliphatic heterocycles. The standard InChI is InChI=1S/C9H11ClN4O3/c10-7-6(3-12-13-8(7)15)14-2-1-5(4-14)17-9(11)16/h3,5H,1-2,4H2,(H2,11,16)(H,13,15)/t5-/m1/s1. The summed E-state index contributed by atoms with van der Waals surface area (Å²) < 4.78 is 4.88. The molecule has 17 heavy (non-hydrogen) atoms. The van der Waals surface area contributed by atoms with Crippen molar-refractivity contribution in [2.45, 2.75) is 12.5 Å². The molecule has 1 atom stereocenters. The monoisotopic (exact) mass is 258 g/mol. The molecule has 0 spiro atoms. The van der Waals surface area contributed by atoms with Crippen LogP contribution in [0.5, 0.6) is 0 Å². The van der Waals surface area contributed by atoms with E-state index in [2.05, 4.69) is 10.2 Å². The first-order valence-electron chi connectivity index (χ1n) is 5.02. The van der Waals surface area contributed by atoms with Crippen LogP contribution in [-0.2, 0) is 4.74 Å². The first kappa shape index (κ1) is 11.7. The molecule has 7 nitrogen and oxygen atoms in total. The van der Waals surface area contributed by atoms with Gasteiger partial charge in [-0.3, -0.25) is 4.79 Å². The first-order valence-corrected chi connectivity index (χ1v) is 5.40. The maximum atomic E-state index is 11.3. The molecule has 1 aliphatic rings. The molecule has 0 radical (unpaired) electrons. The van der Waals surface area contributed by atoms with Crippen LogP contribution >= 0.6 is 11.6 Å². The molecule has 0 saturated carbocycles. The molecule has 1 amide bonds. The van der Waals surface area contributed by atoms with Crippen molar-refractivity contribution in [3.63, 3.8) is 0 Å². The number of rotatable bonds is 2. The van der Waals surface area contributed by atoms with Crippen LogP contribution in [0.2, 0.25) is 5.02 Å². The second-order valence-corrected chi connectivity index (χ2v) is 4.07. The van der Waals surface area contributed by atoms with Gasteiger partial charge >= 0.3 is 6.09 Å². The molecular weight excluding hydrogens is 248 g/mol. The molecule has 1 fully saturated rings. The lowest BCUT2D eigenvalue weighted by molar-refractivity contribution is 0.117. The van der Waals surface area contributed by atoms with E-state index in [1.54, 1.807) is 0 Å². The Kier molecular flexibility index (Phi) is 3.19. The number of halogens is 1. The number of hydrogen-bond acceptors (Lipinski definition) is 5. The van der Waals surface area contributed by atoms with Gasteiger partial charge in [-0.05, 0) is 0 Å². The van der Waals surface area contributed by atoms with Crippen LogP contribution < -0.4 is 16.2 Å². The van der Waals surface area contributed by atoms with Crippen LogP contribution in [0.1, 0.15) is 6.42 Å². The van der Waals surface area contributed by atoms with Crippen LogP contribution in [0, 0.1) is 0 Å². The summed E-state index contributed by atoms with van der Waals surface area (Å²) >= 11 is 5.87. The average Bonchev–Trinajstić information content (AvgIpc) is 2.69. The molecule has 92 valence electrons. The number of aromatic nitrogens is 2. The number of H-pyrrole nitrogens is 1. The fourth-order valence-electron chi connectivity index (χ4n) is 1.80. The third-order valence-corrected chi connectivity index (χ3v) is 2.91. The maximum absolute atomic E-state index is 11.3. The topological polar surface area (TPSA) is 101 Å². The highest BCUT2D eigenvalue weighted by Crippen LogP contribution is 2.25. The van der Waals surface area contributed by atoms with Gasteiger partial charge in [0.25, 0.3) is 5.56 Å². The van der Waals surface area contributed by atoms with Gasteiger partial charge in [0, 0.05) is 13.0 Å². The largest absolute Gasteiger partial charge is 0.444 e. The van der Waals surface area contributed by atoms with Crippen LogP contribution in [0.4, 0.5) is 10.5 Å². The van der Waals surface area contributed by atoms with Crippen LogP contribution in [0.25, 0.3) is 0 Å². The number of aromatic amines is 1. The molecule has 0 unspecified atom stereocenters. The molecule has 3 N–H and O–H groups in total. The van der Waals surface area contributed by atoms with Gasteiger partial charge in [0.15, 0.2) is 0 Å². The van der Waals surface area contributed by atoms with Gasteiger partial charge in [-0.1, -0.05) is 11.6 Å². The Hall–Kier alpha value is -1.76. The minimum Gasteiger partial charge on any atom is -0.444 e. The number of carbonyl (C=O) groups excluding carboxylic acids is 1. The predicted molar refractivity (Wildman–Crippen MR) is 61.2 cm³/mol. The Bertz CT molecular complexity index is 489. The fraction of sp³-hybridized carbons (Fsp3) is 0.444. The van der Waals surface area contributed by atoms with E-state index in [0.29, 0.717) is 25.2 Å². The number of carbonyl (C=O) groups is 1. The molecular formula is C9H11ClN4O3. The maximum Gasteiger partial charge on any atom is 0.404 e. The lowest BCUT2D eigenvalue weighted by Gasteiger charge is -2.18. The lowest BCUT2D eigenvalue weighted by atomic mass is 10.3. The van der Waals surface area contributed by atoms with Gasteiger partial charge in [0.2, 0.25) is 0 Å². The molecule has 1 aromatic rings. The summed E-state index contributed by atoms with van der Waals surface area (Å²) in [6.07, 6.45) is 1.04. The average molecular weight is 259 g/mol. The predicted octanol–water partition coefficient (Wildman–Crippen LogP) is 0.0973. The molecule has 0 bridgehead atoms. The SMILES string of the molecule is NC(=O)O[C@@H]1CCN(c2cn[nH]c(=O)c2Cl)C1. The first-order chi connectivity index (χ1) is 8.08. The number of nitrogens with one attached hydrogen (secondary N) is 1. The smallest absolute Gasteiger partial charge is 0.404 e. The summed E-state index contributed by atoms with van der Waals surface area (Å²) in [4.78, 5) is 23.7. The summed E-state index contributed by atoms with van der Waals surface area (Å²) in [5.41, 5.74) is 5.03. The van der Waals surface area contributed by atoms with Crippen molar-refractivity contribution in [3.05, 3.63) is 21.6 Å². The van der Waals surface area contributed by atoms with Crippen molar-refractivity contribution in [3.8, 4) is 0 Å². The minimum absolute atomic E-state index is 0.0831. The van der Waals surface area contributed by atoms with E-state index in [4.69, 9.17) is 22.1 Å². The molecule has 0 aliphatic carbocycles. The summed E-state index contributed by atoms with van der Waals surface area (Å²) in [5, 5.41) is 6.00. The molecule has 2 heterocycles. The Morgan fingerprint density at radius 1 is 1.71 bits per heavy atom. The highest BCUT2D eigenvalue weighted by molar-refractivity contribution is 6.33. The van der Waals surface area contributed by atoms with Crippen molar-refractivity contribution in [1.29, 1.82) is 0 Å². The highest BCUT2D eigenvalue weighted by atomic mass is 35.5. The minimum atomic E-state index is -0.799. The molecule has 0 aromatic carbocycles. The van der Waals surface area contributed by atoms with E-state index in [1.807, 2.05) is 4.90 Å². The fourth-order valence-corrected chi connectivity index (χ4v) is 2.01. The zero-order valence-electron chi connectivity index (χ0n) is 8.85. The van der Waals surface area contributed by atoms with Gasteiger partial charge in [0.05, 0.1) is 18.4 Å². The van der Waals surface area contributed by atoms with Crippen molar-refractivity contribution in [2.75, 3.05) is 18.0 Å². The van der Waals surface area contributed by atoms with Gasteiger partial charge in [-0.15, -0.1) is 0 Å². The highest BCUT2D eigenvalue weighted by Gasteiger charge is 2.27. The Labute approximate surface area is 101 Å². The van der Waals surface area contributed by atoms with Gasteiger partial charge in [-0.25, -0.2) is 9.89 Å². The van der Waals surface area contributed by atoms with Crippen molar-refractivity contribution < 1.29 is 9.53 Å². The Morgan fingerprint density at radius 2 is 2.47 bits per heavy atom. The summed E-state index contributed by atoms with van der Waals surface area (Å²) in [6, 6.07) is 0. The Balaban J connectivity index is 2.12. The van der Waals surface area contributed by atoms with Gasteiger partial charge < -0.3 is 15.4 Å². The molecule has 8 heteroatoms. The Morgan fingerprint density at radius 3 is 3.18 bits per heavy atom. The zero-order valence-corrected chi connectivity index (χ0v) is 9.61.